The molecular weight excluding hydrogens is 322 g/mol. The van der Waals surface area contributed by atoms with Gasteiger partial charge in [-0.05, 0) is 17.7 Å². The summed E-state index contributed by atoms with van der Waals surface area (Å²) in [5.41, 5.74) is 3.31. The maximum absolute atomic E-state index is 6.29. The topological polar surface area (TPSA) is 21.7 Å². The summed E-state index contributed by atoms with van der Waals surface area (Å²) in [6, 6.07) is 27.6. The number of fused-ring (bicyclic) bond motifs is 2. The third kappa shape index (κ3) is 2.21. The summed E-state index contributed by atoms with van der Waals surface area (Å²) >= 11 is 0. The summed E-state index contributed by atoms with van der Waals surface area (Å²) in [6.45, 7) is 3.27. The van der Waals surface area contributed by atoms with E-state index in [9.17, 15) is 0 Å². The molecule has 2 heterocycles. The number of ether oxygens (including phenoxy) is 2. The van der Waals surface area contributed by atoms with Gasteiger partial charge in [0.25, 0.3) is 0 Å². The van der Waals surface area contributed by atoms with E-state index in [1.807, 2.05) is 12.1 Å². The van der Waals surface area contributed by atoms with Crippen LogP contribution in [0.25, 0.3) is 0 Å². The number of para-hydroxylation sites is 2. The highest BCUT2D eigenvalue weighted by molar-refractivity contribution is 5.62. The van der Waals surface area contributed by atoms with Crippen LogP contribution in [0.3, 0.4) is 0 Å². The molecule has 0 radical (unpaired) electrons. The van der Waals surface area contributed by atoms with E-state index in [0.717, 1.165) is 37.8 Å². The molecule has 0 unspecified atom stereocenters. The average molecular weight is 343 g/mol. The first-order valence-corrected chi connectivity index (χ1v) is 9.16. The lowest BCUT2D eigenvalue weighted by molar-refractivity contribution is -0.000170. The molecule has 2 aliphatic heterocycles. The predicted octanol–water partition coefficient (Wildman–Crippen LogP) is 4.42. The number of morpholine rings is 1. The van der Waals surface area contributed by atoms with Crippen LogP contribution in [0.1, 0.15) is 16.7 Å². The molecule has 0 aromatic heterocycles. The second-order valence-electron chi connectivity index (χ2n) is 6.77. The zero-order chi connectivity index (χ0) is 17.4. The lowest BCUT2D eigenvalue weighted by atomic mass is 9.73. The Morgan fingerprint density at radius 3 is 1.81 bits per heavy atom. The first kappa shape index (κ1) is 15.6. The van der Waals surface area contributed by atoms with Crippen molar-refractivity contribution in [3.63, 3.8) is 0 Å². The molecule has 0 aliphatic carbocycles. The molecule has 0 amide bonds. The van der Waals surface area contributed by atoms with Gasteiger partial charge in [-0.3, -0.25) is 4.90 Å². The fourth-order valence-electron chi connectivity index (χ4n) is 4.39. The average Bonchev–Trinajstić information content (AvgIpc) is 2.73. The molecule has 3 aromatic rings. The highest BCUT2D eigenvalue weighted by Crippen LogP contribution is 2.53. The van der Waals surface area contributed by atoms with Crippen LogP contribution in [-0.4, -0.2) is 31.2 Å². The van der Waals surface area contributed by atoms with Crippen LogP contribution in [0.4, 0.5) is 0 Å². The molecule has 1 fully saturated rings. The standard InChI is InChI=1S/C23H21NO2/c1-2-8-18(9-3-1)23(24-14-16-25-17-15-24)19-10-4-6-12-21(19)26-22-13-7-5-11-20(22)23/h1-13H,14-17H2. The summed E-state index contributed by atoms with van der Waals surface area (Å²) in [4.78, 5) is 2.55. The van der Waals surface area contributed by atoms with Crippen LogP contribution >= 0.6 is 0 Å². The van der Waals surface area contributed by atoms with Gasteiger partial charge in [0.15, 0.2) is 0 Å². The Bertz CT molecular complexity index is 871. The van der Waals surface area contributed by atoms with E-state index in [1.165, 1.54) is 16.7 Å². The van der Waals surface area contributed by atoms with Crippen molar-refractivity contribution < 1.29 is 9.47 Å². The van der Waals surface area contributed by atoms with Crippen molar-refractivity contribution in [3.8, 4) is 11.5 Å². The van der Waals surface area contributed by atoms with Crippen LogP contribution in [-0.2, 0) is 10.3 Å². The summed E-state index contributed by atoms with van der Waals surface area (Å²) in [6.07, 6.45) is 0. The minimum atomic E-state index is -0.365. The first-order valence-electron chi connectivity index (χ1n) is 9.16. The Balaban J connectivity index is 1.86. The highest BCUT2D eigenvalue weighted by atomic mass is 16.5. The summed E-state index contributed by atoms with van der Waals surface area (Å²) in [5.74, 6) is 1.86. The third-order valence-corrected chi connectivity index (χ3v) is 5.45. The fourth-order valence-corrected chi connectivity index (χ4v) is 4.39. The second-order valence-corrected chi connectivity index (χ2v) is 6.77. The SMILES string of the molecule is c1ccc(C2(N3CCOCC3)c3ccccc3Oc3ccccc32)cc1. The highest BCUT2D eigenvalue weighted by Gasteiger charge is 2.48. The van der Waals surface area contributed by atoms with Gasteiger partial charge in [0.2, 0.25) is 0 Å². The molecular formula is C23H21NO2. The molecule has 130 valence electrons. The molecule has 2 aliphatic rings. The minimum absolute atomic E-state index is 0.365. The van der Waals surface area contributed by atoms with Crippen molar-refractivity contribution in [1.82, 2.24) is 4.90 Å². The third-order valence-electron chi connectivity index (χ3n) is 5.45. The Morgan fingerprint density at radius 1 is 0.654 bits per heavy atom. The number of rotatable bonds is 2. The van der Waals surface area contributed by atoms with Gasteiger partial charge in [0.1, 0.15) is 17.0 Å². The quantitative estimate of drug-likeness (QED) is 0.688. The van der Waals surface area contributed by atoms with E-state index < -0.39 is 0 Å². The van der Waals surface area contributed by atoms with Crippen LogP contribution in [0.5, 0.6) is 11.5 Å². The van der Waals surface area contributed by atoms with E-state index in [2.05, 4.69) is 71.6 Å². The van der Waals surface area contributed by atoms with Crippen molar-refractivity contribution >= 4 is 0 Å². The van der Waals surface area contributed by atoms with Gasteiger partial charge in [-0.25, -0.2) is 0 Å². The van der Waals surface area contributed by atoms with Gasteiger partial charge in [-0.1, -0.05) is 66.7 Å². The normalized spacial score (nSPS) is 18.5. The monoisotopic (exact) mass is 343 g/mol. The number of hydrogen-bond acceptors (Lipinski definition) is 3. The molecule has 0 saturated carbocycles. The molecule has 5 rings (SSSR count). The molecule has 1 saturated heterocycles. The zero-order valence-corrected chi connectivity index (χ0v) is 14.6. The Hall–Kier alpha value is -2.62. The lowest BCUT2D eigenvalue weighted by Crippen LogP contribution is -2.53. The van der Waals surface area contributed by atoms with Crippen LogP contribution in [0.2, 0.25) is 0 Å². The molecule has 3 aromatic carbocycles. The number of nitrogens with zero attached hydrogens (tertiary/aromatic N) is 1. The van der Waals surface area contributed by atoms with E-state index in [1.54, 1.807) is 0 Å². The van der Waals surface area contributed by atoms with E-state index in [-0.39, 0.29) is 5.54 Å². The zero-order valence-electron chi connectivity index (χ0n) is 14.6. The van der Waals surface area contributed by atoms with Gasteiger partial charge in [0.05, 0.1) is 13.2 Å². The largest absolute Gasteiger partial charge is 0.457 e. The Kier molecular flexibility index (Phi) is 3.77. The van der Waals surface area contributed by atoms with Crippen molar-refractivity contribution in [3.05, 3.63) is 95.6 Å². The molecule has 0 spiro atoms. The van der Waals surface area contributed by atoms with Crippen molar-refractivity contribution in [1.29, 1.82) is 0 Å². The van der Waals surface area contributed by atoms with Gasteiger partial charge >= 0.3 is 0 Å². The molecule has 0 atom stereocenters. The summed E-state index contributed by atoms with van der Waals surface area (Å²) in [7, 11) is 0. The van der Waals surface area contributed by atoms with Gasteiger partial charge in [0, 0.05) is 24.2 Å². The van der Waals surface area contributed by atoms with Crippen molar-refractivity contribution in [2.75, 3.05) is 26.3 Å². The van der Waals surface area contributed by atoms with E-state index >= 15 is 0 Å². The number of hydrogen-bond donors (Lipinski definition) is 0. The fraction of sp³-hybridized carbons (Fsp3) is 0.217. The van der Waals surface area contributed by atoms with Crippen molar-refractivity contribution in [2.24, 2.45) is 0 Å². The van der Waals surface area contributed by atoms with Gasteiger partial charge in [-0.2, -0.15) is 0 Å². The summed E-state index contributed by atoms with van der Waals surface area (Å²) in [5, 5.41) is 0. The molecule has 3 heteroatoms. The minimum Gasteiger partial charge on any atom is -0.457 e. The molecule has 0 N–H and O–H groups in total. The molecule has 0 bridgehead atoms. The predicted molar refractivity (Wildman–Crippen MR) is 102 cm³/mol. The number of benzene rings is 3. The van der Waals surface area contributed by atoms with Gasteiger partial charge < -0.3 is 9.47 Å². The summed E-state index contributed by atoms with van der Waals surface area (Å²) < 4.78 is 12.0. The van der Waals surface area contributed by atoms with Crippen LogP contribution in [0, 0.1) is 0 Å². The van der Waals surface area contributed by atoms with E-state index in [4.69, 9.17) is 9.47 Å². The van der Waals surface area contributed by atoms with E-state index in [0.29, 0.717) is 0 Å². The molecule has 3 nitrogen and oxygen atoms in total. The maximum Gasteiger partial charge on any atom is 0.133 e. The Morgan fingerprint density at radius 2 is 1.19 bits per heavy atom. The lowest BCUT2D eigenvalue weighted by Gasteiger charge is -2.49. The first-order chi connectivity index (χ1) is 12.9. The van der Waals surface area contributed by atoms with Gasteiger partial charge in [-0.15, -0.1) is 0 Å². The maximum atomic E-state index is 6.29. The molecule has 26 heavy (non-hydrogen) atoms. The van der Waals surface area contributed by atoms with Crippen LogP contribution < -0.4 is 4.74 Å². The Labute approximate surface area is 153 Å². The smallest absolute Gasteiger partial charge is 0.133 e. The second kappa shape index (κ2) is 6.27. The van der Waals surface area contributed by atoms with Crippen molar-refractivity contribution in [2.45, 2.75) is 5.54 Å². The van der Waals surface area contributed by atoms with Crippen LogP contribution in [0.15, 0.2) is 78.9 Å².